The second-order valence-electron chi connectivity index (χ2n) is 4.30. The lowest BCUT2D eigenvalue weighted by Gasteiger charge is -2.18. The third-order valence-electron chi connectivity index (χ3n) is 2.84. The number of urea groups is 1. The molecule has 0 saturated carbocycles. The van der Waals surface area contributed by atoms with Crippen LogP contribution >= 0.6 is 0 Å². The fourth-order valence-electron chi connectivity index (χ4n) is 1.57. The zero-order chi connectivity index (χ0) is 14.4. The van der Waals surface area contributed by atoms with E-state index < -0.39 is 23.7 Å². The molecule has 0 aliphatic heterocycles. The van der Waals surface area contributed by atoms with Crippen LogP contribution in [-0.2, 0) is 0 Å². The zero-order valence-electron chi connectivity index (χ0n) is 10.9. The van der Waals surface area contributed by atoms with Gasteiger partial charge in [-0.1, -0.05) is 13.0 Å². The summed E-state index contributed by atoms with van der Waals surface area (Å²) in [4.78, 5) is 11.6. The fraction of sp³-hybridized carbons (Fsp3) is 0.462. The number of halogens is 2. The molecular formula is C13H18F2N2O2. The van der Waals surface area contributed by atoms with E-state index in [1.807, 2.05) is 6.92 Å². The number of aliphatic hydroxyl groups excluding tert-OH is 1. The molecule has 3 N–H and O–H groups in total. The molecule has 2 atom stereocenters. The Morgan fingerprint density at radius 3 is 2.53 bits per heavy atom. The lowest BCUT2D eigenvalue weighted by molar-refractivity contribution is 0.212. The van der Waals surface area contributed by atoms with E-state index in [1.165, 1.54) is 6.07 Å². The van der Waals surface area contributed by atoms with Crippen LogP contribution in [0.4, 0.5) is 13.6 Å². The van der Waals surface area contributed by atoms with Crippen molar-refractivity contribution in [2.45, 2.75) is 32.4 Å². The summed E-state index contributed by atoms with van der Waals surface area (Å²) in [5, 5.41) is 14.1. The molecule has 0 aliphatic rings. The molecule has 0 heterocycles. The first-order valence-corrected chi connectivity index (χ1v) is 6.10. The molecule has 1 rings (SSSR count). The van der Waals surface area contributed by atoms with Gasteiger partial charge in [-0.2, -0.15) is 0 Å². The molecule has 2 amide bonds. The molecule has 0 aliphatic carbocycles. The minimum atomic E-state index is -0.951. The molecule has 0 fully saturated rings. The maximum Gasteiger partial charge on any atom is 0.315 e. The van der Waals surface area contributed by atoms with Gasteiger partial charge in [0.1, 0.15) is 0 Å². The summed E-state index contributed by atoms with van der Waals surface area (Å²) in [6, 6.07) is 2.22. The molecule has 0 bridgehead atoms. The number of aliphatic hydroxyl groups is 1. The number of benzene rings is 1. The Bertz CT molecular complexity index is 437. The van der Waals surface area contributed by atoms with Crippen LogP contribution in [0.3, 0.4) is 0 Å². The first-order valence-electron chi connectivity index (χ1n) is 6.10. The van der Waals surface area contributed by atoms with E-state index in [0.29, 0.717) is 12.0 Å². The molecule has 0 aromatic heterocycles. The summed E-state index contributed by atoms with van der Waals surface area (Å²) in [6.45, 7) is 3.34. The van der Waals surface area contributed by atoms with Gasteiger partial charge in [0.15, 0.2) is 11.6 Å². The lowest BCUT2D eigenvalue weighted by Crippen LogP contribution is -2.44. The maximum absolute atomic E-state index is 13.1. The van der Waals surface area contributed by atoms with Crippen molar-refractivity contribution in [3.8, 4) is 0 Å². The van der Waals surface area contributed by atoms with Crippen LogP contribution in [0.1, 0.15) is 31.9 Å². The van der Waals surface area contributed by atoms with Crippen molar-refractivity contribution in [3.63, 3.8) is 0 Å². The van der Waals surface area contributed by atoms with Crippen LogP contribution in [0.25, 0.3) is 0 Å². The van der Waals surface area contributed by atoms with Crippen molar-refractivity contribution in [1.29, 1.82) is 0 Å². The van der Waals surface area contributed by atoms with Crippen LogP contribution < -0.4 is 10.6 Å². The second kappa shape index (κ2) is 7.04. The number of nitrogens with one attached hydrogen (secondary N) is 2. The summed E-state index contributed by atoms with van der Waals surface area (Å²) in [5.74, 6) is -1.87. The monoisotopic (exact) mass is 272 g/mol. The van der Waals surface area contributed by atoms with E-state index in [9.17, 15) is 13.6 Å². The summed E-state index contributed by atoms with van der Waals surface area (Å²) in [7, 11) is 0. The zero-order valence-corrected chi connectivity index (χ0v) is 10.9. The highest BCUT2D eigenvalue weighted by Gasteiger charge is 2.14. The van der Waals surface area contributed by atoms with Crippen molar-refractivity contribution >= 4 is 6.03 Å². The summed E-state index contributed by atoms with van der Waals surface area (Å²) in [5.41, 5.74) is 0.464. The highest BCUT2D eigenvalue weighted by molar-refractivity contribution is 5.74. The average Bonchev–Trinajstić information content (AvgIpc) is 2.38. The molecule has 4 nitrogen and oxygen atoms in total. The number of carbonyl (C=O) groups is 1. The van der Waals surface area contributed by atoms with Crippen LogP contribution in [0.2, 0.25) is 0 Å². The van der Waals surface area contributed by atoms with E-state index >= 15 is 0 Å². The average molecular weight is 272 g/mol. The van der Waals surface area contributed by atoms with Gasteiger partial charge in [-0.25, -0.2) is 13.6 Å². The highest BCUT2D eigenvalue weighted by Crippen LogP contribution is 2.15. The predicted molar refractivity (Wildman–Crippen MR) is 67.6 cm³/mol. The molecule has 2 unspecified atom stereocenters. The van der Waals surface area contributed by atoms with E-state index in [0.717, 1.165) is 12.1 Å². The third-order valence-corrected chi connectivity index (χ3v) is 2.84. The summed E-state index contributed by atoms with van der Waals surface area (Å²) < 4.78 is 25.8. The van der Waals surface area contributed by atoms with Crippen LogP contribution in [0.15, 0.2) is 18.2 Å². The molecule has 0 radical (unpaired) electrons. The molecule has 0 spiro atoms. The lowest BCUT2D eigenvalue weighted by atomic mass is 10.1. The number of hydrogen-bond donors (Lipinski definition) is 3. The fourth-order valence-corrected chi connectivity index (χ4v) is 1.57. The SMILES string of the molecule is CCC(CO)NC(=O)NC(C)c1ccc(F)c(F)c1. The van der Waals surface area contributed by atoms with Crippen LogP contribution in [0, 0.1) is 11.6 Å². The summed E-state index contributed by atoms with van der Waals surface area (Å²) >= 11 is 0. The third kappa shape index (κ3) is 4.48. The predicted octanol–water partition coefficient (Wildman–Crippen LogP) is 2.10. The van der Waals surface area contributed by atoms with E-state index in [4.69, 9.17) is 5.11 Å². The van der Waals surface area contributed by atoms with Crippen LogP contribution in [0.5, 0.6) is 0 Å². The quantitative estimate of drug-likeness (QED) is 0.768. The number of carbonyl (C=O) groups excluding carboxylic acids is 1. The smallest absolute Gasteiger partial charge is 0.315 e. The molecule has 6 heteroatoms. The largest absolute Gasteiger partial charge is 0.394 e. The minimum absolute atomic E-state index is 0.149. The molecule has 19 heavy (non-hydrogen) atoms. The van der Waals surface area contributed by atoms with Gasteiger partial charge >= 0.3 is 6.03 Å². The topological polar surface area (TPSA) is 61.4 Å². The van der Waals surface area contributed by atoms with Gasteiger partial charge in [-0.05, 0) is 31.0 Å². The Morgan fingerprint density at radius 2 is 2.00 bits per heavy atom. The normalized spacial score (nSPS) is 13.7. The Morgan fingerprint density at radius 1 is 1.32 bits per heavy atom. The molecule has 1 aromatic carbocycles. The Hall–Kier alpha value is -1.69. The number of hydrogen-bond acceptors (Lipinski definition) is 2. The van der Waals surface area contributed by atoms with E-state index in [-0.39, 0.29) is 12.6 Å². The van der Waals surface area contributed by atoms with Gasteiger partial charge in [0.25, 0.3) is 0 Å². The molecule has 0 saturated heterocycles. The van der Waals surface area contributed by atoms with Crippen molar-refractivity contribution in [1.82, 2.24) is 10.6 Å². The van der Waals surface area contributed by atoms with Gasteiger partial charge in [0.05, 0.1) is 18.7 Å². The standard InChI is InChI=1S/C13H18F2N2O2/c1-3-10(7-18)17-13(19)16-8(2)9-4-5-11(14)12(15)6-9/h4-6,8,10,18H,3,7H2,1-2H3,(H2,16,17,19). The van der Waals surface area contributed by atoms with Gasteiger partial charge in [-0.15, -0.1) is 0 Å². The van der Waals surface area contributed by atoms with E-state index in [1.54, 1.807) is 6.92 Å². The van der Waals surface area contributed by atoms with E-state index in [2.05, 4.69) is 10.6 Å². The van der Waals surface area contributed by atoms with Gasteiger partial charge in [0.2, 0.25) is 0 Å². The minimum Gasteiger partial charge on any atom is -0.394 e. The number of amides is 2. The highest BCUT2D eigenvalue weighted by atomic mass is 19.2. The molecule has 1 aromatic rings. The molecular weight excluding hydrogens is 254 g/mol. The van der Waals surface area contributed by atoms with Crippen molar-refractivity contribution in [3.05, 3.63) is 35.4 Å². The van der Waals surface area contributed by atoms with Crippen molar-refractivity contribution in [2.24, 2.45) is 0 Å². The summed E-state index contributed by atoms with van der Waals surface area (Å²) in [6.07, 6.45) is 0.601. The van der Waals surface area contributed by atoms with Gasteiger partial charge in [-0.3, -0.25) is 0 Å². The first kappa shape index (κ1) is 15.4. The Kier molecular flexibility index (Phi) is 5.69. The van der Waals surface area contributed by atoms with Crippen LogP contribution in [-0.4, -0.2) is 23.8 Å². The van der Waals surface area contributed by atoms with Crippen molar-refractivity contribution in [2.75, 3.05) is 6.61 Å². The number of rotatable bonds is 5. The second-order valence-corrected chi connectivity index (χ2v) is 4.30. The van der Waals surface area contributed by atoms with Gasteiger partial charge < -0.3 is 15.7 Å². The van der Waals surface area contributed by atoms with Gasteiger partial charge in [0, 0.05) is 0 Å². The van der Waals surface area contributed by atoms with Crippen molar-refractivity contribution < 1.29 is 18.7 Å². The molecule has 106 valence electrons. The Labute approximate surface area is 110 Å². The first-order chi connectivity index (χ1) is 8.97. The Balaban J connectivity index is 2.61. The maximum atomic E-state index is 13.1.